The van der Waals surface area contributed by atoms with Gasteiger partial charge in [0.2, 0.25) is 0 Å². The van der Waals surface area contributed by atoms with E-state index < -0.39 is 22.4 Å². The Kier molecular flexibility index (Phi) is 4.06. The average Bonchev–Trinajstić information content (AvgIpc) is 2.31. The van der Waals surface area contributed by atoms with Crippen LogP contribution in [-0.2, 0) is 12.6 Å². The number of halogens is 4. The van der Waals surface area contributed by atoms with E-state index in [1.165, 1.54) is 0 Å². The Morgan fingerprint density at radius 3 is 2.47 bits per heavy atom. The molecule has 1 aromatic rings. The largest absolute Gasteiger partial charge is 0.417 e. The molecular formula is C13H15ClF3NO. The van der Waals surface area contributed by atoms with Gasteiger partial charge >= 0.3 is 6.18 Å². The minimum atomic E-state index is -4.50. The van der Waals surface area contributed by atoms with Gasteiger partial charge in [0.15, 0.2) is 0 Å². The third kappa shape index (κ3) is 3.60. The highest BCUT2D eigenvalue weighted by Gasteiger charge is 2.35. The summed E-state index contributed by atoms with van der Waals surface area (Å²) in [6, 6.07) is 0.939. The van der Waals surface area contributed by atoms with Crippen molar-refractivity contribution in [1.82, 2.24) is 4.98 Å². The Labute approximate surface area is 114 Å². The highest BCUT2D eigenvalue weighted by atomic mass is 35.5. The molecule has 0 aromatic carbocycles. The molecule has 0 aliphatic heterocycles. The zero-order valence-corrected chi connectivity index (χ0v) is 11.1. The number of hydrogen-bond acceptors (Lipinski definition) is 2. The van der Waals surface area contributed by atoms with Gasteiger partial charge in [0, 0.05) is 18.3 Å². The van der Waals surface area contributed by atoms with Crippen molar-refractivity contribution in [2.45, 2.75) is 50.3 Å². The molecule has 1 heterocycles. The van der Waals surface area contributed by atoms with E-state index in [-0.39, 0.29) is 12.1 Å². The van der Waals surface area contributed by atoms with Crippen molar-refractivity contribution in [3.8, 4) is 0 Å². The first kappa shape index (κ1) is 14.6. The highest BCUT2D eigenvalue weighted by molar-refractivity contribution is 6.31. The van der Waals surface area contributed by atoms with Gasteiger partial charge in [-0.15, -0.1) is 0 Å². The molecule has 0 saturated heterocycles. The van der Waals surface area contributed by atoms with E-state index in [0.717, 1.165) is 31.5 Å². The zero-order valence-electron chi connectivity index (χ0n) is 10.3. The summed E-state index contributed by atoms with van der Waals surface area (Å²) in [5, 5.41) is 9.92. The van der Waals surface area contributed by atoms with Gasteiger partial charge in [-0.25, -0.2) is 0 Å². The van der Waals surface area contributed by atoms with Gasteiger partial charge in [0.05, 0.1) is 16.2 Å². The van der Waals surface area contributed by atoms with Crippen LogP contribution in [0.2, 0.25) is 5.02 Å². The van der Waals surface area contributed by atoms with Crippen molar-refractivity contribution >= 4 is 11.6 Å². The lowest BCUT2D eigenvalue weighted by molar-refractivity contribution is -0.137. The number of aromatic nitrogens is 1. The van der Waals surface area contributed by atoms with Gasteiger partial charge in [-0.1, -0.05) is 30.9 Å². The van der Waals surface area contributed by atoms with Crippen molar-refractivity contribution in [3.05, 3.63) is 28.5 Å². The molecule has 1 N–H and O–H groups in total. The summed E-state index contributed by atoms with van der Waals surface area (Å²) in [7, 11) is 0. The van der Waals surface area contributed by atoms with E-state index in [4.69, 9.17) is 11.6 Å². The number of alkyl halides is 3. The first-order valence-electron chi connectivity index (χ1n) is 6.24. The van der Waals surface area contributed by atoms with Crippen LogP contribution in [0.3, 0.4) is 0 Å². The number of aliphatic hydroxyl groups is 1. The molecule has 106 valence electrons. The van der Waals surface area contributed by atoms with Crippen LogP contribution in [-0.4, -0.2) is 15.7 Å². The lowest BCUT2D eigenvalue weighted by atomic mass is 9.81. The topological polar surface area (TPSA) is 33.1 Å². The fourth-order valence-corrected chi connectivity index (χ4v) is 2.73. The average molecular weight is 294 g/mol. The molecule has 0 atom stereocenters. The van der Waals surface area contributed by atoms with Gasteiger partial charge in [-0.2, -0.15) is 13.2 Å². The van der Waals surface area contributed by atoms with Crippen LogP contribution in [0.4, 0.5) is 13.2 Å². The Morgan fingerprint density at radius 1 is 1.26 bits per heavy atom. The summed E-state index contributed by atoms with van der Waals surface area (Å²) >= 11 is 5.51. The minimum Gasteiger partial charge on any atom is -0.389 e. The maximum atomic E-state index is 12.7. The Hall–Kier alpha value is -0.810. The Bertz CT molecular complexity index is 456. The monoisotopic (exact) mass is 293 g/mol. The summed E-state index contributed by atoms with van der Waals surface area (Å²) in [6.45, 7) is 0. The summed E-state index contributed by atoms with van der Waals surface area (Å²) in [4.78, 5) is 3.90. The first-order valence-corrected chi connectivity index (χ1v) is 6.62. The van der Waals surface area contributed by atoms with E-state index in [1.54, 1.807) is 0 Å². The van der Waals surface area contributed by atoms with Gasteiger partial charge in [-0.3, -0.25) is 4.98 Å². The summed E-state index contributed by atoms with van der Waals surface area (Å²) in [5.74, 6) is 0. The van der Waals surface area contributed by atoms with Gasteiger partial charge in [-0.05, 0) is 18.9 Å². The lowest BCUT2D eigenvalue weighted by Crippen LogP contribution is -2.34. The van der Waals surface area contributed by atoms with Gasteiger partial charge in [0.25, 0.3) is 0 Å². The highest BCUT2D eigenvalue weighted by Crippen LogP contribution is 2.36. The summed E-state index contributed by atoms with van der Waals surface area (Å²) < 4.78 is 38.2. The minimum absolute atomic E-state index is 0.146. The van der Waals surface area contributed by atoms with E-state index >= 15 is 0 Å². The van der Waals surface area contributed by atoms with Crippen LogP contribution in [0.1, 0.15) is 43.4 Å². The third-order valence-corrected chi connectivity index (χ3v) is 3.81. The standard InChI is InChI=1S/C13H15ClF3NO/c14-11-8-18-9(6-10(11)13(15,16)17)7-12(19)4-2-1-3-5-12/h6,8,19H,1-5,7H2. The molecule has 1 aliphatic rings. The molecule has 0 spiro atoms. The van der Waals surface area contributed by atoms with E-state index in [2.05, 4.69) is 4.98 Å². The van der Waals surface area contributed by atoms with Crippen LogP contribution in [0.15, 0.2) is 12.3 Å². The van der Waals surface area contributed by atoms with Crippen LogP contribution < -0.4 is 0 Å². The van der Waals surface area contributed by atoms with Crippen molar-refractivity contribution in [2.75, 3.05) is 0 Å². The summed E-state index contributed by atoms with van der Waals surface area (Å²) in [6.07, 6.45) is 0.733. The molecule has 1 aromatic heterocycles. The van der Waals surface area contributed by atoms with Crippen molar-refractivity contribution in [1.29, 1.82) is 0 Å². The van der Waals surface area contributed by atoms with Crippen LogP contribution in [0, 0.1) is 0 Å². The maximum absolute atomic E-state index is 12.7. The second-order valence-corrected chi connectivity index (χ2v) is 5.52. The smallest absolute Gasteiger partial charge is 0.389 e. The molecule has 1 saturated carbocycles. The third-order valence-electron chi connectivity index (χ3n) is 3.51. The van der Waals surface area contributed by atoms with Crippen LogP contribution in [0.25, 0.3) is 0 Å². The maximum Gasteiger partial charge on any atom is 0.417 e. The molecule has 2 nitrogen and oxygen atoms in total. The van der Waals surface area contributed by atoms with Crippen molar-refractivity contribution < 1.29 is 18.3 Å². The molecule has 0 bridgehead atoms. The van der Waals surface area contributed by atoms with Crippen LogP contribution >= 0.6 is 11.6 Å². The van der Waals surface area contributed by atoms with Gasteiger partial charge in [0.1, 0.15) is 0 Å². The Balaban J connectivity index is 2.21. The first-order chi connectivity index (χ1) is 8.80. The molecule has 2 rings (SSSR count). The number of pyridine rings is 1. The molecule has 0 radical (unpaired) electrons. The number of rotatable bonds is 2. The van der Waals surface area contributed by atoms with Crippen molar-refractivity contribution in [2.24, 2.45) is 0 Å². The number of hydrogen-bond donors (Lipinski definition) is 1. The van der Waals surface area contributed by atoms with E-state index in [1.807, 2.05) is 0 Å². The fraction of sp³-hybridized carbons (Fsp3) is 0.615. The lowest BCUT2D eigenvalue weighted by Gasteiger charge is -2.31. The molecule has 1 aliphatic carbocycles. The predicted molar refractivity (Wildman–Crippen MR) is 66.0 cm³/mol. The second kappa shape index (κ2) is 5.29. The zero-order chi connectivity index (χ0) is 14.1. The molecule has 0 unspecified atom stereocenters. The molecule has 6 heteroatoms. The van der Waals surface area contributed by atoms with Crippen LogP contribution in [0.5, 0.6) is 0 Å². The SMILES string of the molecule is OC1(Cc2cc(C(F)(F)F)c(Cl)cn2)CCCCC1. The second-order valence-electron chi connectivity index (χ2n) is 5.12. The molecule has 0 amide bonds. The Morgan fingerprint density at radius 2 is 1.89 bits per heavy atom. The predicted octanol–water partition coefficient (Wildman–Crippen LogP) is 3.99. The molecule has 19 heavy (non-hydrogen) atoms. The van der Waals surface area contributed by atoms with Crippen molar-refractivity contribution in [3.63, 3.8) is 0 Å². The number of nitrogens with zero attached hydrogens (tertiary/aromatic N) is 1. The summed E-state index contributed by atoms with van der Waals surface area (Å²) in [5.41, 5.74) is -1.58. The molecule has 1 fully saturated rings. The van der Waals surface area contributed by atoms with E-state index in [0.29, 0.717) is 12.8 Å². The van der Waals surface area contributed by atoms with E-state index in [9.17, 15) is 18.3 Å². The normalized spacial score (nSPS) is 19.4. The molecular weight excluding hydrogens is 279 g/mol. The quantitative estimate of drug-likeness (QED) is 0.894. The fourth-order valence-electron chi connectivity index (χ4n) is 2.52. The van der Waals surface area contributed by atoms with Gasteiger partial charge < -0.3 is 5.11 Å².